The molecule has 0 aliphatic rings. The van der Waals surface area contributed by atoms with Crippen molar-refractivity contribution in [3.8, 4) is 5.75 Å². The van der Waals surface area contributed by atoms with E-state index in [1.54, 1.807) is 20.0 Å². The van der Waals surface area contributed by atoms with E-state index in [2.05, 4.69) is 48.5 Å². The fourth-order valence-electron chi connectivity index (χ4n) is 3.03. The van der Waals surface area contributed by atoms with E-state index in [4.69, 9.17) is 4.74 Å². The van der Waals surface area contributed by atoms with Crippen molar-refractivity contribution < 1.29 is 13.2 Å². The number of ether oxygens (including phenoxy) is 1. The number of aliphatic imine (C=N–C) groups is 1. The first kappa shape index (κ1) is 23.7. The average molecular weight is 432 g/mol. The van der Waals surface area contributed by atoms with Crippen LogP contribution in [0.4, 0.5) is 0 Å². The zero-order chi connectivity index (χ0) is 22.4. The lowest BCUT2D eigenvalue weighted by Gasteiger charge is -2.20. The van der Waals surface area contributed by atoms with Gasteiger partial charge in [-0.25, -0.2) is 8.42 Å². The molecule has 0 amide bonds. The molecule has 6 nitrogen and oxygen atoms in total. The molecule has 164 valence electrons. The number of guanidine groups is 1. The average Bonchev–Trinajstić information content (AvgIpc) is 2.66. The van der Waals surface area contributed by atoms with Crippen LogP contribution in [-0.4, -0.2) is 40.8 Å². The molecule has 0 heterocycles. The Labute approximate surface area is 180 Å². The number of aryl methyl sites for hydroxylation is 1. The van der Waals surface area contributed by atoms with Crippen molar-refractivity contribution in [1.29, 1.82) is 0 Å². The molecule has 0 radical (unpaired) electrons. The van der Waals surface area contributed by atoms with Crippen molar-refractivity contribution in [2.45, 2.75) is 44.6 Å². The Balaban J connectivity index is 1.83. The van der Waals surface area contributed by atoms with Crippen LogP contribution in [0.2, 0.25) is 0 Å². The molecule has 0 bridgehead atoms. The van der Waals surface area contributed by atoms with Crippen LogP contribution >= 0.6 is 0 Å². The zero-order valence-corrected chi connectivity index (χ0v) is 19.6. The number of hydrogen-bond acceptors (Lipinski definition) is 4. The van der Waals surface area contributed by atoms with Gasteiger partial charge in [-0.1, -0.05) is 45.0 Å². The predicted octanol–water partition coefficient (Wildman–Crippen LogP) is 3.44. The third-order valence-corrected chi connectivity index (χ3v) is 5.94. The van der Waals surface area contributed by atoms with Gasteiger partial charge in [0.05, 0.1) is 11.4 Å². The lowest BCUT2D eigenvalue weighted by atomic mass is 9.87. The van der Waals surface area contributed by atoms with Crippen LogP contribution < -0.4 is 15.4 Å². The molecule has 0 spiro atoms. The normalized spacial score (nSPS) is 12.5. The summed E-state index contributed by atoms with van der Waals surface area (Å²) in [6.45, 7) is 10.00. The van der Waals surface area contributed by atoms with E-state index in [9.17, 15) is 8.42 Å². The van der Waals surface area contributed by atoms with E-state index >= 15 is 0 Å². The molecule has 0 atom stereocenters. The summed E-state index contributed by atoms with van der Waals surface area (Å²) in [6, 6.07) is 13.5. The summed E-state index contributed by atoms with van der Waals surface area (Å²) < 4.78 is 29.3. The van der Waals surface area contributed by atoms with Gasteiger partial charge in [0.15, 0.2) is 15.8 Å². The quantitative estimate of drug-likeness (QED) is 0.399. The van der Waals surface area contributed by atoms with Crippen LogP contribution in [0.15, 0.2) is 52.4 Å². The van der Waals surface area contributed by atoms with E-state index in [0.29, 0.717) is 30.6 Å². The molecule has 7 heteroatoms. The van der Waals surface area contributed by atoms with Crippen molar-refractivity contribution in [3.63, 3.8) is 0 Å². The molecule has 0 saturated carbocycles. The minimum atomic E-state index is -3.21. The first-order chi connectivity index (χ1) is 14.0. The van der Waals surface area contributed by atoms with Crippen molar-refractivity contribution >= 4 is 15.8 Å². The standard InChI is InChI=1S/C23H33N3O3S/c1-17-14-18(10-11-21(17)30(6,27)28)16-26-22(24-5)25-12-13-29-20-9-7-8-19(15-20)23(2,3)4/h7-11,14-15H,12-13,16H2,1-6H3,(H2,24,25,26). The van der Waals surface area contributed by atoms with Crippen molar-refractivity contribution in [3.05, 3.63) is 59.2 Å². The van der Waals surface area contributed by atoms with Crippen LogP contribution in [-0.2, 0) is 21.8 Å². The highest BCUT2D eigenvalue weighted by atomic mass is 32.2. The number of sulfone groups is 1. The van der Waals surface area contributed by atoms with Gasteiger partial charge in [-0.15, -0.1) is 0 Å². The van der Waals surface area contributed by atoms with Gasteiger partial charge in [0.2, 0.25) is 0 Å². The summed E-state index contributed by atoms with van der Waals surface area (Å²) in [5, 5.41) is 6.46. The van der Waals surface area contributed by atoms with Gasteiger partial charge >= 0.3 is 0 Å². The molecular formula is C23H33N3O3S. The van der Waals surface area contributed by atoms with Gasteiger partial charge in [0.1, 0.15) is 12.4 Å². The SMILES string of the molecule is CN=C(NCCOc1cccc(C(C)(C)C)c1)NCc1ccc(S(C)(=O)=O)c(C)c1. The molecule has 0 aliphatic heterocycles. The molecule has 0 aromatic heterocycles. The molecule has 0 saturated heterocycles. The molecule has 2 aromatic carbocycles. The largest absolute Gasteiger partial charge is 0.492 e. The Morgan fingerprint density at radius 1 is 1.10 bits per heavy atom. The fourth-order valence-corrected chi connectivity index (χ4v) is 3.99. The van der Waals surface area contributed by atoms with Crippen LogP contribution in [0.5, 0.6) is 5.75 Å². The van der Waals surface area contributed by atoms with Gasteiger partial charge in [0.25, 0.3) is 0 Å². The molecule has 2 rings (SSSR count). The van der Waals surface area contributed by atoms with E-state index < -0.39 is 9.84 Å². The van der Waals surface area contributed by atoms with Crippen LogP contribution in [0, 0.1) is 6.92 Å². The summed E-state index contributed by atoms with van der Waals surface area (Å²) in [5.41, 5.74) is 3.05. The second kappa shape index (κ2) is 9.98. The number of nitrogens with one attached hydrogen (secondary N) is 2. The van der Waals surface area contributed by atoms with Crippen molar-refractivity contribution in [2.24, 2.45) is 4.99 Å². The van der Waals surface area contributed by atoms with Gasteiger partial charge in [-0.05, 0) is 47.2 Å². The van der Waals surface area contributed by atoms with Crippen LogP contribution in [0.1, 0.15) is 37.5 Å². The summed E-state index contributed by atoms with van der Waals surface area (Å²) in [7, 11) is -1.50. The van der Waals surface area contributed by atoms with Gasteiger partial charge in [0, 0.05) is 19.8 Å². The fraction of sp³-hybridized carbons (Fsp3) is 0.435. The smallest absolute Gasteiger partial charge is 0.191 e. The summed E-state index contributed by atoms with van der Waals surface area (Å²) >= 11 is 0. The first-order valence-corrected chi connectivity index (χ1v) is 11.9. The second-order valence-corrected chi connectivity index (χ2v) is 10.3. The summed E-state index contributed by atoms with van der Waals surface area (Å²) in [5.74, 6) is 1.51. The maximum absolute atomic E-state index is 11.7. The van der Waals surface area contributed by atoms with E-state index in [0.717, 1.165) is 16.9 Å². The Hall–Kier alpha value is -2.54. The number of nitrogens with zero attached hydrogens (tertiary/aromatic N) is 1. The monoisotopic (exact) mass is 431 g/mol. The minimum Gasteiger partial charge on any atom is -0.492 e. The topological polar surface area (TPSA) is 79.8 Å². The Morgan fingerprint density at radius 2 is 1.83 bits per heavy atom. The minimum absolute atomic E-state index is 0.0848. The van der Waals surface area contributed by atoms with Gasteiger partial charge < -0.3 is 15.4 Å². The lowest BCUT2D eigenvalue weighted by molar-refractivity contribution is 0.321. The Morgan fingerprint density at radius 3 is 2.43 bits per heavy atom. The molecule has 0 aliphatic carbocycles. The third-order valence-electron chi connectivity index (χ3n) is 4.69. The van der Waals surface area contributed by atoms with Gasteiger partial charge in [-0.3, -0.25) is 4.99 Å². The maximum atomic E-state index is 11.7. The second-order valence-electron chi connectivity index (χ2n) is 8.35. The summed E-state index contributed by atoms with van der Waals surface area (Å²) in [4.78, 5) is 4.58. The number of benzene rings is 2. The van der Waals surface area contributed by atoms with E-state index in [1.165, 1.54) is 11.8 Å². The van der Waals surface area contributed by atoms with Crippen LogP contribution in [0.3, 0.4) is 0 Å². The number of rotatable bonds is 7. The maximum Gasteiger partial charge on any atom is 0.191 e. The van der Waals surface area contributed by atoms with Gasteiger partial charge in [-0.2, -0.15) is 0 Å². The highest BCUT2D eigenvalue weighted by Crippen LogP contribution is 2.25. The van der Waals surface area contributed by atoms with E-state index in [-0.39, 0.29) is 5.41 Å². The predicted molar refractivity (Wildman–Crippen MR) is 123 cm³/mol. The number of hydrogen-bond donors (Lipinski definition) is 2. The van der Waals surface area contributed by atoms with Crippen LogP contribution in [0.25, 0.3) is 0 Å². The zero-order valence-electron chi connectivity index (χ0n) is 18.7. The Bertz CT molecular complexity index is 993. The van der Waals surface area contributed by atoms with E-state index in [1.807, 2.05) is 24.3 Å². The lowest BCUT2D eigenvalue weighted by Crippen LogP contribution is -2.38. The Kier molecular flexibility index (Phi) is 7.89. The summed E-state index contributed by atoms with van der Waals surface area (Å²) in [6.07, 6.45) is 1.22. The molecule has 0 fully saturated rings. The highest BCUT2D eigenvalue weighted by Gasteiger charge is 2.14. The van der Waals surface area contributed by atoms with Crippen molar-refractivity contribution in [1.82, 2.24) is 10.6 Å². The third kappa shape index (κ3) is 7.06. The van der Waals surface area contributed by atoms with Crippen molar-refractivity contribution in [2.75, 3.05) is 26.5 Å². The molecule has 30 heavy (non-hydrogen) atoms. The molecule has 0 unspecified atom stereocenters. The highest BCUT2D eigenvalue weighted by molar-refractivity contribution is 7.90. The molecule has 2 aromatic rings. The molecular weight excluding hydrogens is 398 g/mol. The first-order valence-electron chi connectivity index (χ1n) is 9.98. The molecule has 2 N–H and O–H groups in total.